The predicted molar refractivity (Wildman–Crippen MR) is 124 cm³/mol. The molecule has 4 aromatic rings. The Morgan fingerprint density at radius 3 is 2.81 bits per heavy atom. The lowest BCUT2D eigenvalue weighted by atomic mass is 9.98. The van der Waals surface area contributed by atoms with Crippen molar-refractivity contribution in [1.29, 1.82) is 0 Å². The fraction of sp³-hybridized carbons (Fsp3) is 0.200. The number of nitrogens with zero attached hydrogens (tertiary/aromatic N) is 4. The van der Waals surface area contributed by atoms with E-state index in [0.717, 1.165) is 41.1 Å². The van der Waals surface area contributed by atoms with Crippen molar-refractivity contribution >= 4 is 28.5 Å². The van der Waals surface area contributed by atoms with Crippen LogP contribution in [0.25, 0.3) is 22.2 Å². The molecule has 0 atom stereocenters. The Morgan fingerprint density at radius 2 is 1.97 bits per heavy atom. The third kappa shape index (κ3) is 3.78. The molecule has 0 saturated carbocycles. The van der Waals surface area contributed by atoms with E-state index in [4.69, 9.17) is 0 Å². The molecule has 1 aliphatic rings. The van der Waals surface area contributed by atoms with Crippen LogP contribution >= 0.6 is 0 Å². The van der Waals surface area contributed by atoms with E-state index in [1.54, 1.807) is 12.5 Å². The third-order valence-corrected chi connectivity index (χ3v) is 5.71. The van der Waals surface area contributed by atoms with Gasteiger partial charge in [-0.3, -0.25) is 9.78 Å². The maximum absolute atomic E-state index is 11.3. The highest BCUT2D eigenvalue weighted by molar-refractivity contribution is 5.90. The molecule has 2 aromatic carbocycles. The molecule has 0 amide bonds. The minimum absolute atomic E-state index is 0.151. The van der Waals surface area contributed by atoms with Gasteiger partial charge >= 0.3 is 5.97 Å². The van der Waals surface area contributed by atoms with E-state index in [2.05, 4.69) is 72.4 Å². The molecule has 0 spiro atoms. The van der Waals surface area contributed by atoms with Gasteiger partial charge in [0, 0.05) is 25.0 Å². The summed E-state index contributed by atoms with van der Waals surface area (Å²) in [4.78, 5) is 27.2. The van der Waals surface area contributed by atoms with Crippen molar-refractivity contribution in [2.75, 3.05) is 25.1 Å². The molecule has 0 aliphatic carbocycles. The van der Waals surface area contributed by atoms with Gasteiger partial charge in [0.25, 0.3) is 0 Å². The van der Waals surface area contributed by atoms with Crippen LogP contribution in [0.2, 0.25) is 0 Å². The summed E-state index contributed by atoms with van der Waals surface area (Å²) in [6.45, 7) is 1.50. The fourth-order valence-corrected chi connectivity index (χ4v) is 4.19. The van der Waals surface area contributed by atoms with Gasteiger partial charge in [0.15, 0.2) is 5.82 Å². The number of benzene rings is 2. The Balaban J connectivity index is 1.46. The predicted octanol–water partition coefficient (Wildman–Crippen LogP) is 3.65. The largest absolute Gasteiger partial charge is 0.468 e. The van der Waals surface area contributed by atoms with Gasteiger partial charge < -0.3 is 15.0 Å². The normalized spacial score (nSPS) is 12.7. The van der Waals surface area contributed by atoms with Crippen molar-refractivity contribution in [3.63, 3.8) is 0 Å². The molecular formula is C25H23N5O2. The van der Waals surface area contributed by atoms with Crippen LogP contribution in [0.1, 0.15) is 11.1 Å². The molecule has 7 heteroatoms. The monoisotopic (exact) mass is 425 g/mol. The summed E-state index contributed by atoms with van der Waals surface area (Å²) >= 11 is 0. The summed E-state index contributed by atoms with van der Waals surface area (Å²) < 4.78 is 4.65. The quantitative estimate of drug-likeness (QED) is 0.472. The number of fused-ring (bicyclic) bond motifs is 2. The average molecular weight is 425 g/mol. The Morgan fingerprint density at radius 1 is 1.09 bits per heavy atom. The number of pyridine rings is 1. The summed E-state index contributed by atoms with van der Waals surface area (Å²) in [5.74, 6) is 0.513. The number of carbonyl (C=O) groups is 1. The highest BCUT2D eigenvalue weighted by Crippen LogP contribution is 2.40. The maximum Gasteiger partial charge on any atom is 0.319 e. The molecule has 5 rings (SSSR count). The van der Waals surface area contributed by atoms with Gasteiger partial charge in [-0.1, -0.05) is 42.5 Å². The summed E-state index contributed by atoms with van der Waals surface area (Å²) in [7, 11) is 1.37. The minimum Gasteiger partial charge on any atom is -0.468 e. The topological polar surface area (TPSA) is 80.2 Å². The number of rotatable bonds is 6. The Labute approximate surface area is 186 Å². The van der Waals surface area contributed by atoms with Gasteiger partial charge in [0.2, 0.25) is 0 Å². The molecule has 0 bridgehead atoms. The lowest BCUT2D eigenvalue weighted by Crippen LogP contribution is -2.23. The molecule has 3 heterocycles. The zero-order valence-electron chi connectivity index (χ0n) is 17.8. The second-order valence-corrected chi connectivity index (χ2v) is 7.66. The molecule has 0 radical (unpaired) electrons. The zero-order valence-corrected chi connectivity index (χ0v) is 17.8. The van der Waals surface area contributed by atoms with Gasteiger partial charge in [-0.05, 0) is 40.8 Å². The molecular weight excluding hydrogens is 402 g/mol. The second-order valence-electron chi connectivity index (χ2n) is 7.66. The highest BCUT2D eigenvalue weighted by atomic mass is 16.5. The number of anilines is 2. The van der Waals surface area contributed by atoms with E-state index >= 15 is 0 Å². The standard InChI is InChI=1S/C25H23N5O2/c1-32-23(31)15-26-13-17-12-21-24(27-14-17)25(29-16-28-21)30-11-10-20-19(8-5-9-22(20)30)18-6-3-2-4-7-18/h2-9,12,14,16,26H,10-11,13,15H2,1H3. The first-order valence-corrected chi connectivity index (χ1v) is 10.6. The van der Waals surface area contributed by atoms with Crippen LogP contribution in [0.15, 0.2) is 67.1 Å². The van der Waals surface area contributed by atoms with Crippen LogP contribution in [0, 0.1) is 0 Å². The van der Waals surface area contributed by atoms with Crippen LogP contribution < -0.4 is 10.2 Å². The van der Waals surface area contributed by atoms with Crippen LogP contribution in [0.3, 0.4) is 0 Å². The highest BCUT2D eigenvalue weighted by Gasteiger charge is 2.26. The molecule has 7 nitrogen and oxygen atoms in total. The van der Waals surface area contributed by atoms with Gasteiger partial charge in [0.1, 0.15) is 11.8 Å². The van der Waals surface area contributed by atoms with Crippen LogP contribution in [0.4, 0.5) is 11.5 Å². The van der Waals surface area contributed by atoms with Crippen LogP contribution in [-0.2, 0) is 22.5 Å². The number of carbonyl (C=O) groups excluding carboxylic acids is 1. The Bertz CT molecular complexity index is 1280. The van der Waals surface area contributed by atoms with Gasteiger partial charge in [-0.25, -0.2) is 9.97 Å². The molecule has 160 valence electrons. The zero-order chi connectivity index (χ0) is 21.9. The minimum atomic E-state index is -0.300. The third-order valence-electron chi connectivity index (χ3n) is 5.71. The van der Waals surface area contributed by atoms with Crippen molar-refractivity contribution in [2.45, 2.75) is 13.0 Å². The van der Waals surface area contributed by atoms with E-state index in [1.807, 2.05) is 12.1 Å². The number of hydrogen-bond donors (Lipinski definition) is 1. The molecule has 2 aromatic heterocycles. The number of nitrogens with one attached hydrogen (secondary N) is 1. The number of ether oxygens (including phenoxy) is 1. The van der Waals surface area contributed by atoms with Crippen molar-refractivity contribution in [3.8, 4) is 11.1 Å². The Hall–Kier alpha value is -3.84. The van der Waals surface area contributed by atoms with E-state index in [0.29, 0.717) is 6.54 Å². The lowest BCUT2D eigenvalue weighted by Gasteiger charge is -2.20. The van der Waals surface area contributed by atoms with E-state index in [1.165, 1.54) is 23.8 Å². The average Bonchev–Trinajstić information content (AvgIpc) is 3.28. The Kier molecular flexibility index (Phi) is 5.47. The first-order chi connectivity index (χ1) is 15.7. The SMILES string of the molecule is COC(=O)CNCc1cnc2c(N3CCc4c(-c5ccccc5)cccc43)ncnc2c1. The summed E-state index contributed by atoms with van der Waals surface area (Å²) in [5.41, 5.74) is 7.46. The van der Waals surface area contributed by atoms with E-state index < -0.39 is 0 Å². The van der Waals surface area contributed by atoms with E-state index in [-0.39, 0.29) is 12.5 Å². The smallest absolute Gasteiger partial charge is 0.319 e. The van der Waals surface area contributed by atoms with Gasteiger partial charge in [-0.2, -0.15) is 0 Å². The molecule has 1 aliphatic heterocycles. The first kappa shape index (κ1) is 20.1. The first-order valence-electron chi connectivity index (χ1n) is 10.6. The van der Waals surface area contributed by atoms with E-state index in [9.17, 15) is 4.79 Å². The molecule has 0 unspecified atom stereocenters. The maximum atomic E-state index is 11.3. The number of hydrogen-bond acceptors (Lipinski definition) is 7. The van der Waals surface area contributed by atoms with Gasteiger partial charge in [0.05, 0.1) is 19.2 Å². The van der Waals surface area contributed by atoms with Crippen molar-refractivity contribution < 1.29 is 9.53 Å². The van der Waals surface area contributed by atoms with Crippen molar-refractivity contribution in [3.05, 3.63) is 78.2 Å². The summed E-state index contributed by atoms with van der Waals surface area (Å²) in [5, 5.41) is 3.05. The van der Waals surface area contributed by atoms with Crippen LogP contribution in [0.5, 0.6) is 0 Å². The molecule has 0 saturated heterocycles. The summed E-state index contributed by atoms with van der Waals surface area (Å²) in [6.07, 6.45) is 4.34. The number of aromatic nitrogens is 3. The molecule has 0 fully saturated rings. The second kappa shape index (κ2) is 8.72. The molecule has 1 N–H and O–H groups in total. The van der Waals surface area contributed by atoms with Crippen molar-refractivity contribution in [1.82, 2.24) is 20.3 Å². The fourth-order valence-electron chi connectivity index (χ4n) is 4.19. The van der Waals surface area contributed by atoms with Gasteiger partial charge in [-0.15, -0.1) is 0 Å². The lowest BCUT2D eigenvalue weighted by molar-refractivity contribution is -0.139. The van der Waals surface area contributed by atoms with Crippen LogP contribution in [-0.4, -0.2) is 41.1 Å². The number of methoxy groups -OCH3 is 1. The number of esters is 1. The summed E-state index contributed by atoms with van der Waals surface area (Å²) in [6, 6.07) is 18.9. The molecule has 32 heavy (non-hydrogen) atoms. The van der Waals surface area contributed by atoms with Crippen molar-refractivity contribution in [2.24, 2.45) is 0 Å².